The molecule has 2 heteroatoms. The molecule has 0 aromatic heterocycles. The predicted octanol–water partition coefficient (Wildman–Crippen LogP) is 3.79. The monoisotopic (exact) mass is 235 g/mol. The second-order valence-corrected chi connectivity index (χ2v) is 5.28. The summed E-state index contributed by atoms with van der Waals surface area (Å²) in [5.74, 6) is 0. The zero-order valence-electron chi connectivity index (χ0n) is 10.3. The molecule has 0 aliphatic heterocycles. The maximum Gasteiger partial charge on any atom is 0.0334 e. The molecule has 1 unspecified atom stereocenters. The van der Waals surface area contributed by atoms with Crippen LogP contribution in [0.5, 0.6) is 0 Å². The van der Waals surface area contributed by atoms with Crippen molar-refractivity contribution in [3.63, 3.8) is 0 Å². The van der Waals surface area contributed by atoms with Crippen LogP contribution in [0.2, 0.25) is 0 Å². The van der Waals surface area contributed by atoms with Crippen molar-refractivity contribution in [3.05, 3.63) is 29.3 Å². The van der Waals surface area contributed by atoms with Crippen LogP contribution >= 0.6 is 11.8 Å². The Morgan fingerprint density at radius 3 is 3.06 bits per heavy atom. The Morgan fingerprint density at radius 2 is 2.31 bits per heavy atom. The molecule has 1 aromatic carbocycles. The van der Waals surface area contributed by atoms with E-state index in [1.807, 2.05) is 11.8 Å². The van der Waals surface area contributed by atoms with Gasteiger partial charge < -0.3 is 5.32 Å². The third kappa shape index (κ3) is 2.44. The predicted molar refractivity (Wildman–Crippen MR) is 72.2 cm³/mol. The Bertz CT molecular complexity index is 334. The molecule has 0 radical (unpaired) electrons. The number of hydrogen-bond donors (Lipinski definition) is 1. The SMILES string of the molecule is CCCNC1CCCc2cccc(SC)c21. The molecule has 1 aliphatic carbocycles. The Labute approximate surface area is 103 Å². The summed E-state index contributed by atoms with van der Waals surface area (Å²) in [6, 6.07) is 7.35. The van der Waals surface area contributed by atoms with E-state index in [4.69, 9.17) is 0 Å². The van der Waals surface area contributed by atoms with Gasteiger partial charge in [0, 0.05) is 10.9 Å². The van der Waals surface area contributed by atoms with Crippen molar-refractivity contribution in [2.45, 2.75) is 43.5 Å². The number of fused-ring (bicyclic) bond motifs is 1. The molecule has 1 atom stereocenters. The minimum atomic E-state index is 0.590. The summed E-state index contributed by atoms with van der Waals surface area (Å²) in [7, 11) is 0. The summed E-state index contributed by atoms with van der Waals surface area (Å²) < 4.78 is 0. The summed E-state index contributed by atoms with van der Waals surface area (Å²) in [6.07, 6.45) is 7.28. The van der Waals surface area contributed by atoms with Crippen LogP contribution in [0.1, 0.15) is 43.4 Å². The van der Waals surface area contributed by atoms with Crippen LogP contribution in [0.4, 0.5) is 0 Å². The van der Waals surface area contributed by atoms with Crippen molar-refractivity contribution in [1.82, 2.24) is 5.32 Å². The molecule has 0 saturated heterocycles. The molecular formula is C14H21NS. The normalized spacial score (nSPS) is 19.5. The van der Waals surface area contributed by atoms with Gasteiger partial charge in [0.2, 0.25) is 0 Å². The zero-order valence-corrected chi connectivity index (χ0v) is 11.1. The molecule has 1 aliphatic rings. The molecule has 88 valence electrons. The Morgan fingerprint density at radius 1 is 1.44 bits per heavy atom. The molecule has 0 spiro atoms. The quantitative estimate of drug-likeness (QED) is 0.797. The first-order chi connectivity index (χ1) is 7.86. The van der Waals surface area contributed by atoms with Crippen LogP contribution in [0.25, 0.3) is 0 Å². The molecule has 1 nitrogen and oxygen atoms in total. The number of hydrogen-bond acceptors (Lipinski definition) is 2. The average Bonchev–Trinajstić information content (AvgIpc) is 2.35. The van der Waals surface area contributed by atoms with Crippen LogP contribution < -0.4 is 5.32 Å². The van der Waals surface area contributed by atoms with Crippen LogP contribution in [0.3, 0.4) is 0 Å². The van der Waals surface area contributed by atoms with Crippen molar-refractivity contribution in [1.29, 1.82) is 0 Å². The van der Waals surface area contributed by atoms with Crippen LogP contribution in [0, 0.1) is 0 Å². The van der Waals surface area contributed by atoms with Gasteiger partial charge >= 0.3 is 0 Å². The summed E-state index contributed by atoms with van der Waals surface area (Å²) in [4.78, 5) is 1.46. The maximum atomic E-state index is 3.69. The smallest absolute Gasteiger partial charge is 0.0334 e. The van der Waals surface area contributed by atoms with Crippen molar-refractivity contribution >= 4 is 11.8 Å². The van der Waals surface area contributed by atoms with Gasteiger partial charge in [-0.1, -0.05) is 19.1 Å². The van der Waals surface area contributed by atoms with Gasteiger partial charge in [-0.25, -0.2) is 0 Å². The molecule has 1 aromatic rings. The fraction of sp³-hybridized carbons (Fsp3) is 0.571. The average molecular weight is 235 g/mol. The highest BCUT2D eigenvalue weighted by Crippen LogP contribution is 2.36. The van der Waals surface area contributed by atoms with E-state index in [0.717, 1.165) is 6.54 Å². The fourth-order valence-electron chi connectivity index (χ4n) is 2.54. The summed E-state index contributed by atoms with van der Waals surface area (Å²) in [5, 5.41) is 3.69. The first kappa shape index (κ1) is 12.0. The highest BCUT2D eigenvalue weighted by atomic mass is 32.2. The Kier molecular flexibility index (Phi) is 4.30. The van der Waals surface area contributed by atoms with E-state index in [9.17, 15) is 0 Å². The van der Waals surface area contributed by atoms with E-state index in [0.29, 0.717) is 6.04 Å². The van der Waals surface area contributed by atoms with Gasteiger partial charge in [0.05, 0.1) is 0 Å². The summed E-state index contributed by atoms with van der Waals surface area (Å²) >= 11 is 1.88. The standard InChI is InChI=1S/C14H21NS/c1-3-10-15-12-8-4-6-11-7-5-9-13(16-2)14(11)12/h5,7,9,12,15H,3-4,6,8,10H2,1-2H3. The molecular weight excluding hydrogens is 214 g/mol. The number of nitrogens with one attached hydrogen (secondary N) is 1. The van der Waals surface area contributed by atoms with Gasteiger partial charge in [-0.2, -0.15) is 0 Å². The molecule has 0 saturated carbocycles. The van der Waals surface area contributed by atoms with Crippen molar-refractivity contribution in [2.75, 3.05) is 12.8 Å². The first-order valence-electron chi connectivity index (χ1n) is 6.26. The lowest BCUT2D eigenvalue weighted by Gasteiger charge is -2.28. The first-order valence-corrected chi connectivity index (χ1v) is 7.48. The van der Waals surface area contributed by atoms with Crippen LogP contribution in [-0.4, -0.2) is 12.8 Å². The Hall–Kier alpha value is -0.470. The second-order valence-electron chi connectivity index (χ2n) is 4.43. The number of aryl methyl sites for hydroxylation is 1. The lowest BCUT2D eigenvalue weighted by Crippen LogP contribution is -2.26. The third-order valence-corrected chi connectivity index (χ3v) is 4.10. The molecule has 0 bridgehead atoms. The van der Waals surface area contributed by atoms with E-state index >= 15 is 0 Å². The number of benzene rings is 1. The summed E-state index contributed by atoms with van der Waals surface area (Å²) in [5.41, 5.74) is 3.14. The molecule has 0 heterocycles. The van der Waals surface area contributed by atoms with Crippen LogP contribution in [-0.2, 0) is 6.42 Å². The van der Waals surface area contributed by atoms with Gasteiger partial charge in [-0.3, -0.25) is 0 Å². The number of thioether (sulfide) groups is 1. The van der Waals surface area contributed by atoms with Crippen molar-refractivity contribution < 1.29 is 0 Å². The van der Waals surface area contributed by atoms with Gasteiger partial charge in [0.1, 0.15) is 0 Å². The molecule has 1 N–H and O–H groups in total. The number of rotatable bonds is 4. The Balaban J connectivity index is 2.27. The highest BCUT2D eigenvalue weighted by Gasteiger charge is 2.21. The summed E-state index contributed by atoms with van der Waals surface area (Å²) in [6.45, 7) is 3.37. The maximum absolute atomic E-state index is 3.69. The fourth-order valence-corrected chi connectivity index (χ4v) is 3.25. The highest BCUT2D eigenvalue weighted by molar-refractivity contribution is 7.98. The molecule has 0 fully saturated rings. The minimum Gasteiger partial charge on any atom is -0.310 e. The van der Waals surface area contributed by atoms with E-state index < -0.39 is 0 Å². The van der Waals surface area contributed by atoms with Crippen LogP contribution in [0.15, 0.2) is 23.1 Å². The minimum absolute atomic E-state index is 0.590. The van der Waals surface area contributed by atoms with Gasteiger partial charge in [-0.15, -0.1) is 11.8 Å². The topological polar surface area (TPSA) is 12.0 Å². The lowest BCUT2D eigenvalue weighted by atomic mass is 9.87. The molecule has 2 rings (SSSR count). The second kappa shape index (κ2) is 5.74. The third-order valence-electron chi connectivity index (χ3n) is 3.30. The largest absolute Gasteiger partial charge is 0.310 e. The zero-order chi connectivity index (χ0) is 11.4. The van der Waals surface area contributed by atoms with Gasteiger partial charge in [-0.05, 0) is 55.7 Å². The molecule has 16 heavy (non-hydrogen) atoms. The molecule has 0 amide bonds. The lowest BCUT2D eigenvalue weighted by molar-refractivity contribution is 0.454. The van der Waals surface area contributed by atoms with Gasteiger partial charge in [0.15, 0.2) is 0 Å². The van der Waals surface area contributed by atoms with Crippen molar-refractivity contribution in [3.8, 4) is 0 Å². The van der Waals surface area contributed by atoms with E-state index in [-0.39, 0.29) is 0 Å². The van der Waals surface area contributed by atoms with Crippen molar-refractivity contribution in [2.24, 2.45) is 0 Å². The van der Waals surface area contributed by atoms with E-state index in [1.165, 1.54) is 30.6 Å². The van der Waals surface area contributed by atoms with E-state index in [2.05, 4.69) is 36.7 Å². The van der Waals surface area contributed by atoms with Gasteiger partial charge in [0.25, 0.3) is 0 Å². The van der Waals surface area contributed by atoms with E-state index in [1.54, 1.807) is 11.1 Å².